The topological polar surface area (TPSA) is 89.9 Å². The van der Waals surface area contributed by atoms with Gasteiger partial charge in [-0.1, -0.05) is 6.92 Å². The number of piperidine rings is 1. The van der Waals surface area contributed by atoms with E-state index < -0.39 is 5.97 Å². The summed E-state index contributed by atoms with van der Waals surface area (Å²) in [5.41, 5.74) is 0. The third-order valence-electron chi connectivity index (χ3n) is 2.99. The Balaban J connectivity index is 2.39. The summed E-state index contributed by atoms with van der Waals surface area (Å²) < 4.78 is 0. The van der Waals surface area contributed by atoms with E-state index in [4.69, 9.17) is 5.11 Å². The van der Waals surface area contributed by atoms with E-state index in [-0.39, 0.29) is 24.6 Å². The molecule has 0 bridgehead atoms. The normalized spacial score (nSPS) is 18.8. The number of hydrogen-bond donors (Lipinski definition) is 3. The molecular formula is C11H20N2O4. The number of carbonyl (C=O) groups is 2. The molecule has 0 spiro atoms. The van der Waals surface area contributed by atoms with Crippen LogP contribution in [0.5, 0.6) is 0 Å². The van der Waals surface area contributed by atoms with E-state index in [0.29, 0.717) is 32.4 Å². The van der Waals surface area contributed by atoms with Crippen molar-refractivity contribution in [2.24, 2.45) is 0 Å². The number of urea groups is 1. The Hall–Kier alpha value is -1.30. The van der Waals surface area contributed by atoms with Gasteiger partial charge >= 0.3 is 12.0 Å². The number of carboxylic acid groups (broad SMARTS) is 1. The van der Waals surface area contributed by atoms with Crippen molar-refractivity contribution in [2.75, 3.05) is 13.1 Å². The Labute approximate surface area is 101 Å². The first-order valence-electron chi connectivity index (χ1n) is 5.98. The lowest BCUT2D eigenvalue weighted by molar-refractivity contribution is -0.137. The minimum absolute atomic E-state index is 0.0568. The lowest BCUT2D eigenvalue weighted by atomic mass is 10.1. The number of hydrogen-bond acceptors (Lipinski definition) is 3. The Morgan fingerprint density at radius 1 is 1.41 bits per heavy atom. The minimum Gasteiger partial charge on any atom is -0.481 e. The summed E-state index contributed by atoms with van der Waals surface area (Å²) in [7, 11) is 0. The highest BCUT2D eigenvalue weighted by molar-refractivity contribution is 5.76. The number of aliphatic hydroxyl groups is 1. The quantitative estimate of drug-likeness (QED) is 0.668. The van der Waals surface area contributed by atoms with Gasteiger partial charge in [-0.2, -0.15) is 0 Å². The highest BCUT2D eigenvalue weighted by atomic mass is 16.4. The monoisotopic (exact) mass is 244 g/mol. The maximum atomic E-state index is 11.8. The molecule has 0 aromatic heterocycles. The van der Waals surface area contributed by atoms with Gasteiger partial charge in [0.15, 0.2) is 0 Å². The fourth-order valence-corrected chi connectivity index (χ4v) is 1.84. The van der Waals surface area contributed by atoms with Gasteiger partial charge in [0, 0.05) is 19.1 Å². The number of carbonyl (C=O) groups excluding carboxylic acids is 1. The number of rotatable bonds is 4. The van der Waals surface area contributed by atoms with Crippen LogP contribution < -0.4 is 5.32 Å². The molecule has 1 rings (SSSR count). The first-order valence-corrected chi connectivity index (χ1v) is 5.98. The molecule has 0 aromatic carbocycles. The SMILES string of the molecule is CCC(CC(=O)O)NC(=O)N1CCC(O)CC1. The maximum absolute atomic E-state index is 11.8. The molecule has 0 aliphatic carbocycles. The second-order valence-corrected chi connectivity index (χ2v) is 4.37. The van der Waals surface area contributed by atoms with Gasteiger partial charge in [-0.25, -0.2) is 4.79 Å². The van der Waals surface area contributed by atoms with Crippen molar-refractivity contribution in [1.82, 2.24) is 10.2 Å². The molecule has 6 nitrogen and oxygen atoms in total. The molecule has 1 aliphatic heterocycles. The number of likely N-dealkylation sites (tertiary alicyclic amines) is 1. The van der Waals surface area contributed by atoms with Gasteiger partial charge in [0.1, 0.15) is 0 Å². The molecule has 98 valence electrons. The molecule has 1 aliphatic rings. The fourth-order valence-electron chi connectivity index (χ4n) is 1.84. The van der Waals surface area contributed by atoms with E-state index >= 15 is 0 Å². The minimum atomic E-state index is -0.911. The molecule has 3 N–H and O–H groups in total. The number of amides is 2. The summed E-state index contributed by atoms with van der Waals surface area (Å²) in [5.74, 6) is -0.911. The van der Waals surface area contributed by atoms with Gasteiger partial charge in [-0.05, 0) is 19.3 Å². The van der Waals surface area contributed by atoms with Crippen LogP contribution in [-0.4, -0.2) is 52.3 Å². The smallest absolute Gasteiger partial charge is 0.317 e. The highest BCUT2D eigenvalue weighted by Gasteiger charge is 2.23. The molecule has 1 saturated heterocycles. The van der Waals surface area contributed by atoms with Crippen molar-refractivity contribution in [1.29, 1.82) is 0 Å². The van der Waals surface area contributed by atoms with Gasteiger partial charge in [0.2, 0.25) is 0 Å². The summed E-state index contributed by atoms with van der Waals surface area (Å²) in [6.45, 7) is 2.89. The van der Waals surface area contributed by atoms with Crippen molar-refractivity contribution < 1.29 is 19.8 Å². The molecule has 17 heavy (non-hydrogen) atoms. The molecule has 2 amide bonds. The number of nitrogens with one attached hydrogen (secondary N) is 1. The Bertz CT molecular complexity index is 275. The van der Waals surface area contributed by atoms with E-state index in [2.05, 4.69) is 5.32 Å². The van der Waals surface area contributed by atoms with Gasteiger partial charge in [-0.15, -0.1) is 0 Å². The second kappa shape index (κ2) is 6.44. The molecule has 0 radical (unpaired) electrons. The van der Waals surface area contributed by atoms with Gasteiger partial charge in [-0.3, -0.25) is 4.79 Å². The van der Waals surface area contributed by atoms with Crippen LogP contribution in [0.1, 0.15) is 32.6 Å². The molecule has 0 saturated carbocycles. The molecule has 6 heteroatoms. The van der Waals surface area contributed by atoms with Crippen molar-refractivity contribution >= 4 is 12.0 Å². The zero-order valence-corrected chi connectivity index (χ0v) is 10.1. The molecule has 0 aromatic rings. The number of carboxylic acids is 1. The fraction of sp³-hybridized carbons (Fsp3) is 0.818. The Morgan fingerprint density at radius 3 is 2.47 bits per heavy atom. The van der Waals surface area contributed by atoms with Crippen molar-refractivity contribution in [3.8, 4) is 0 Å². The third kappa shape index (κ3) is 4.60. The van der Waals surface area contributed by atoms with E-state index in [9.17, 15) is 14.7 Å². The third-order valence-corrected chi connectivity index (χ3v) is 2.99. The van der Waals surface area contributed by atoms with Crippen LogP contribution in [0, 0.1) is 0 Å². The largest absolute Gasteiger partial charge is 0.481 e. The Morgan fingerprint density at radius 2 is 2.00 bits per heavy atom. The summed E-state index contributed by atoms with van der Waals surface area (Å²) >= 11 is 0. The number of nitrogens with zero attached hydrogens (tertiary/aromatic N) is 1. The average Bonchev–Trinajstić information content (AvgIpc) is 2.28. The lowest BCUT2D eigenvalue weighted by Gasteiger charge is -2.31. The summed E-state index contributed by atoms with van der Waals surface area (Å²) in [4.78, 5) is 24.0. The highest BCUT2D eigenvalue weighted by Crippen LogP contribution is 2.10. The zero-order valence-electron chi connectivity index (χ0n) is 10.1. The number of aliphatic carboxylic acids is 1. The predicted molar refractivity (Wildman–Crippen MR) is 61.7 cm³/mol. The maximum Gasteiger partial charge on any atom is 0.317 e. The van der Waals surface area contributed by atoms with Crippen LogP contribution in [0.4, 0.5) is 4.79 Å². The standard InChI is InChI=1S/C11H20N2O4/c1-2-8(7-10(15)16)12-11(17)13-5-3-9(14)4-6-13/h8-9,14H,2-7H2,1H3,(H,12,17)(H,15,16). The van der Waals surface area contributed by atoms with Crippen LogP contribution >= 0.6 is 0 Å². The predicted octanol–water partition coefficient (Wildman–Crippen LogP) is 0.406. The average molecular weight is 244 g/mol. The first kappa shape index (κ1) is 13.8. The molecular weight excluding hydrogens is 224 g/mol. The molecule has 1 heterocycles. The Kier molecular flexibility index (Phi) is 5.21. The van der Waals surface area contributed by atoms with Crippen molar-refractivity contribution in [3.63, 3.8) is 0 Å². The number of aliphatic hydroxyl groups excluding tert-OH is 1. The first-order chi connectivity index (χ1) is 8.02. The van der Waals surface area contributed by atoms with Gasteiger partial charge in [0.25, 0.3) is 0 Å². The van der Waals surface area contributed by atoms with Crippen LogP contribution in [-0.2, 0) is 4.79 Å². The summed E-state index contributed by atoms with van der Waals surface area (Å²) in [6.07, 6.45) is 1.39. The zero-order chi connectivity index (χ0) is 12.8. The second-order valence-electron chi connectivity index (χ2n) is 4.37. The summed E-state index contributed by atoms with van der Waals surface area (Å²) in [5, 5.41) is 20.7. The van der Waals surface area contributed by atoms with Crippen molar-refractivity contribution in [2.45, 2.75) is 44.8 Å². The molecule has 1 unspecified atom stereocenters. The van der Waals surface area contributed by atoms with Crippen LogP contribution in [0.2, 0.25) is 0 Å². The molecule has 1 fully saturated rings. The van der Waals surface area contributed by atoms with E-state index in [1.54, 1.807) is 4.90 Å². The van der Waals surface area contributed by atoms with E-state index in [0.717, 1.165) is 0 Å². The lowest BCUT2D eigenvalue weighted by Crippen LogP contribution is -2.48. The molecule has 1 atom stereocenters. The van der Waals surface area contributed by atoms with Gasteiger partial charge in [0.05, 0.1) is 12.5 Å². The van der Waals surface area contributed by atoms with E-state index in [1.165, 1.54) is 0 Å². The summed E-state index contributed by atoms with van der Waals surface area (Å²) in [6, 6.07) is -0.558. The van der Waals surface area contributed by atoms with Crippen molar-refractivity contribution in [3.05, 3.63) is 0 Å². The van der Waals surface area contributed by atoms with E-state index in [1.807, 2.05) is 6.92 Å². The van der Waals surface area contributed by atoms with Crippen LogP contribution in [0.25, 0.3) is 0 Å². The van der Waals surface area contributed by atoms with Gasteiger partial charge < -0.3 is 20.4 Å². The van der Waals surface area contributed by atoms with Crippen LogP contribution in [0.15, 0.2) is 0 Å². The van der Waals surface area contributed by atoms with Crippen LogP contribution in [0.3, 0.4) is 0 Å².